The van der Waals surface area contributed by atoms with Crippen LogP contribution in [0.2, 0.25) is 0 Å². The number of carbonyl (C=O) groups excluding carboxylic acids is 1. The van der Waals surface area contributed by atoms with E-state index in [0.717, 1.165) is 24.3 Å². The van der Waals surface area contributed by atoms with Crippen LogP contribution in [0, 0.1) is 6.92 Å². The maximum Gasteiger partial charge on any atom is 0.265 e. The van der Waals surface area contributed by atoms with Crippen molar-refractivity contribution in [3.05, 3.63) is 54.1 Å². The Morgan fingerprint density at radius 1 is 1.08 bits per heavy atom. The molecule has 25 heavy (non-hydrogen) atoms. The number of hydrogen-bond donors (Lipinski definition) is 1. The molecule has 1 heterocycles. The van der Waals surface area contributed by atoms with E-state index in [1.807, 2.05) is 43.3 Å². The first-order chi connectivity index (χ1) is 12.1. The smallest absolute Gasteiger partial charge is 0.265 e. The van der Waals surface area contributed by atoms with Crippen LogP contribution in [0.5, 0.6) is 5.75 Å². The van der Waals surface area contributed by atoms with E-state index in [1.165, 1.54) is 24.9 Å². The van der Waals surface area contributed by atoms with E-state index in [-0.39, 0.29) is 5.91 Å². The van der Waals surface area contributed by atoms with Gasteiger partial charge in [-0.25, -0.2) is 0 Å². The summed E-state index contributed by atoms with van der Waals surface area (Å²) in [6, 6.07) is 15.8. The second-order valence-electron chi connectivity index (χ2n) is 6.66. The zero-order valence-electron chi connectivity index (χ0n) is 15.0. The highest BCUT2D eigenvalue weighted by molar-refractivity contribution is 5.94. The first-order valence-electron chi connectivity index (χ1n) is 9.01. The average Bonchev–Trinajstić information content (AvgIpc) is 2.63. The molecule has 0 radical (unpaired) electrons. The lowest BCUT2D eigenvalue weighted by atomic mass is 10.1. The van der Waals surface area contributed by atoms with Crippen molar-refractivity contribution in [2.24, 2.45) is 0 Å². The van der Waals surface area contributed by atoms with Crippen molar-refractivity contribution in [3.63, 3.8) is 0 Å². The number of anilines is 2. The summed E-state index contributed by atoms with van der Waals surface area (Å²) in [5.74, 6) is 0.565. The third-order valence-electron chi connectivity index (χ3n) is 4.53. The Morgan fingerprint density at radius 3 is 2.48 bits per heavy atom. The molecule has 1 aliphatic rings. The third-order valence-corrected chi connectivity index (χ3v) is 4.53. The van der Waals surface area contributed by atoms with Crippen molar-refractivity contribution in [3.8, 4) is 5.75 Å². The number of nitrogens with one attached hydrogen (secondary N) is 1. The Bertz CT molecular complexity index is 706. The summed E-state index contributed by atoms with van der Waals surface area (Å²) in [4.78, 5) is 14.7. The number of benzene rings is 2. The molecule has 0 unspecified atom stereocenters. The summed E-state index contributed by atoms with van der Waals surface area (Å²) in [7, 11) is 0. The first-order valence-corrected chi connectivity index (χ1v) is 9.01. The van der Waals surface area contributed by atoms with Gasteiger partial charge in [-0.3, -0.25) is 4.79 Å². The zero-order chi connectivity index (χ0) is 17.6. The fraction of sp³-hybridized carbons (Fsp3) is 0.381. The van der Waals surface area contributed by atoms with Crippen molar-refractivity contribution in [2.45, 2.75) is 39.2 Å². The fourth-order valence-corrected chi connectivity index (χ4v) is 3.10. The lowest BCUT2D eigenvalue weighted by molar-refractivity contribution is -0.122. The third kappa shape index (κ3) is 4.75. The molecule has 0 bridgehead atoms. The van der Waals surface area contributed by atoms with Crippen LogP contribution in [0.1, 0.15) is 31.7 Å². The highest BCUT2D eigenvalue weighted by atomic mass is 16.5. The van der Waals surface area contributed by atoms with E-state index in [4.69, 9.17) is 4.74 Å². The van der Waals surface area contributed by atoms with E-state index in [9.17, 15) is 4.79 Å². The van der Waals surface area contributed by atoms with Crippen LogP contribution in [0.25, 0.3) is 0 Å². The van der Waals surface area contributed by atoms with Gasteiger partial charge in [0.25, 0.3) is 5.91 Å². The molecule has 2 aromatic carbocycles. The minimum atomic E-state index is -0.552. The Labute approximate surface area is 149 Å². The van der Waals surface area contributed by atoms with Gasteiger partial charge in [-0.05, 0) is 75.1 Å². The molecule has 1 amide bonds. The molecule has 3 rings (SSSR count). The van der Waals surface area contributed by atoms with Gasteiger partial charge >= 0.3 is 0 Å². The summed E-state index contributed by atoms with van der Waals surface area (Å²) in [6.07, 6.45) is 3.28. The molecule has 0 aromatic heterocycles. The molecule has 1 saturated heterocycles. The molecule has 4 nitrogen and oxygen atoms in total. The molecule has 0 spiro atoms. The lowest BCUT2D eigenvalue weighted by Crippen LogP contribution is -2.30. The van der Waals surface area contributed by atoms with Crippen LogP contribution in [0.15, 0.2) is 48.5 Å². The maximum absolute atomic E-state index is 12.3. The first kappa shape index (κ1) is 17.3. The fourth-order valence-electron chi connectivity index (χ4n) is 3.10. The molecule has 1 fully saturated rings. The summed E-state index contributed by atoms with van der Waals surface area (Å²) >= 11 is 0. The Kier molecular flexibility index (Phi) is 5.59. The number of nitrogens with zero attached hydrogens (tertiary/aromatic N) is 1. The van der Waals surface area contributed by atoms with Crippen LogP contribution in [0.3, 0.4) is 0 Å². The molecular weight excluding hydrogens is 312 g/mol. The van der Waals surface area contributed by atoms with Crippen LogP contribution in [0.4, 0.5) is 11.4 Å². The standard InChI is InChI=1S/C21H26N2O2/c1-16-7-6-8-20(15-16)25-17(2)21(24)22-18-9-11-19(12-10-18)23-13-4-3-5-14-23/h6-12,15,17H,3-5,13-14H2,1-2H3,(H,22,24)/t17-/m0/s1. The van der Waals surface area contributed by atoms with E-state index >= 15 is 0 Å². The van der Waals surface area contributed by atoms with Crippen molar-refractivity contribution >= 4 is 17.3 Å². The number of ether oxygens (including phenoxy) is 1. The number of carbonyl (C=O) groups is 1. The summed E-state index contributed by atoms with van der Waals surface area (Å²) in [5.41, 5.74) is 3.13. The molecule has 132 valence electrons. The van der Waals surface area contributed by atoms with Crippen LogP contribution < -0.4 is 15.0 Å². The molecule has 0 saturated carbocycles. The normalized spacial score (nSPS) is 15.5. The van der Waals surface area contributed by atoms with Gasteiger partial charge in [0.2, 0.25) is 0 Å². The number of amides is 1. The number of aryl methyl sites for hydroxylation is 1. The highest BCUT2D eigenvalue weighted by Crippen LogP contribution is 2.22. The quantitative estimate of drug-likeness (QED) is 0.879. The van der Waals surface area contributed by atoms with Crippen molar-refractivity contribution in [2.75, 3.05) is 23.3 Å². The van der Waals surface area contributed by atoms with Gasteiger partial charge in [-0.1, -0.05) is 12.1 Å². The second-order valence-corrected chi connectivity index (χ2v) is 6.66. The predicted molar refractivity (Wildman–Crippen MR) is 102 cm³/mol. The monoisotopic (exact) mass is 338 g/mol. The van der Waals surface area contributed by atoms with E-state index in [1.54, 1.807) is 6.92 Å². The molecule has 1 aliphatic heterocycles. The van der Waals surface area contributed by atoms with E-state index in [2.05, 4.69) is 22.3 Å². The van der Waals surface area contributed by atoms with Crippen LogP contribution in [-0.2, 0) is 4.79 Å². The SMILES string of the molecule is Cc1cccc(O[C@@H](C)C(=O)Nc2ccc(N3CCCCC3)cc2)c1. The maximum atomic E-state index is 12.3. The van der Waals surface area contributed by atoms with Crippen molar-refractivity contribution in [1.29, 1.82) is 0 Å². The Morgan fingerprint density at radius 2 is 1.80 bits per heavy atom. The lowest BCUT2D eigenvalue weighted by Gasteiger charge is -2.28. The topological polar surface area (TPSA) is 41.6 Å². The largest absolute Gasteiger partial charge is 0.481 e. The minimum Gasteiger partial charge on any atom is -0.481 e. The predicted octanol–water partition coefficient (Wildman–Crippen LogP) is 4.39. The molecular formula is C21H26N2O2. The van der Waals surface area contributed by atoms with Gasteiger partial charge < -0.3 is 15.0 Å². The second kappa shape index (κ2) is 8.06. The summed E-state index contributed by atoms with van der Waals surface area (Å²) in [6.45, 7) is 6.00. The van der Waals surface area contributed by atoms with Gasteiger partial charge in [-0.15, -0.1) is 0 Å². The van der Waals surface area contributed by atoms with Gasteiger partial charge in [0.1, 0.15) is 5.75 Å². The van der Waals surface area contributed by atoms with E-state index < -0.39 is 6.10 Å². The zero-order valence-corrected chi connectivity index (χ0v) is 15.0. The number of piperidine rings is 1. The van der Waals surface area contributed by atoms with Gasteiger partial charge in [-0.2, -0.15) is 0 Å². The molecule has 1 N–H and O–H groups in total. The van der Waals surface area contributed by atoms with Crippen molar-refractivity contribution in [1.82, 2.24) is 0 Å². The Balaban J connectivity index is 1.56. The van der Waals surface area contributed by atoms with E-state index in [0.29, 0.717) is 5.75 Å². The molecule has 4 heteroatoms. The average molecular weight is 338 g/mol. The van der Waals surface area contributed by atoms with Crippen LogP contribution >= 0.6 is 0 Å². The van der Waals surface area contributed by atoms with Crippen LogP contribution in [-0.4, -0.2) is 25.1 Å². The molecule has 1 atom stereocenters. The Hall–Kier alpha value is -2.49. The molecule has 0 aliphatic carbocycles. The number of hydrogen-bond acceptors (Lipinski definition) is 3. The van der Waals surface area contributed by atoms with Gasteiger partial charge in [0, 0.05) is 24.5 Å². The summed E-state index contributed by atoms with van der Waals surface area (Å²) < 4.78 is 5.73. The minimum absolute atomic E-state index is 0.146. The highest BCUT2D eigenvalue weighted by Gasteiger charge is 2.15. The van der Waals surface area contributed by atoms with Crippen molar-refractivity contribution < 1.29 is 9.53 Å². The van der Waals surface area contributed by atoms with Gasteiger partial charge in [0.05, 0.1) is 0 Å². The van der Waals surface area contributed by atoms with Gasteiger partial charge in [0.15, 0.2) is 6.10 Å². The number of rotatable bonds is 5. The summed E-state index contributed by atoms with van der Waals surface area (Å²) in [5, 5.41) is 2.92. The molecule has 2 aromatic rings.